The smallest absolute Gasteiger partial charge is 0.322 e. The van der Waals surface area contributed by atoms with E-state index < -0.39 is 0 Å². The highest BCUT2D eigenvalue weighted by Gasteiger charge is 2.47. The van der Waals surface area contributed by atoms with Gasteiger partial charge in [0.05, 0.1) is 18.7 Å². The lowest BCUT2D eigenvalue weighted by Gasteiger charge is -2.36. The van der Waals surface area contributed by atoms with Gasteiger partial charge >= 0.3 is 6.03 Å². The Balaban J connectivity index is 1.62. The van der Waals surface area contributed by atoms with Gasteiger partial charge in [-0.2, -0.15) is 0 Å². The number of hydrogen-bond acceptors (Lipinski definition) is 1. The number of anilines is 1. The van der Waals surface area contributed by atoms with Crippen LogP contribution in [-0.2, 0) is 0 Å². The van der Waals surface area contributed by atoms with Crippen LogP contribution in [0.15, 0.2) is 48.5 Å². The van der Waals surface area contributed by atoms with Crippen LogP contribution in [0.1, 0.15) is 36.3 Å². The molecule has 1 heterocycles. The van der Waals surface area contributed by atoms with Crippen molar-refractivity contribution in [2.75, 3.05) is 11.9 Å². The van der Waals surface area contributed by atoms with Gasteiger partial charge in [0.25, 0.3) is 0 Å². The van der Waals surface area contributed by atoms with Gasteiger partial charge in [-0.3, -0.25) is 4.90 Å². The first-order chi connectivity index (χ1) is 12.6. The third kappa shape index (κ3) is 2.64. The Morgan fingerprint density at radius 2 is 1.85 bits per heavy atom. The predicted octanol–water partition coefficient (Wildman–Crippen LogP) is 5.12. The molecule has 26 heavy (non-hydrogen) atoms. The zero-order valence-electron chi connectivity index (χ0n) is 15.2. The highest BCUT2D eigenvalue weighted by molar-refractivity contribution is 5.96. The van der Waals surface area contributed by atoms with Crippen LogP contribution in [0.25, 0.3) is 4.85 Å². The van der Waals surface area contributed by atoms with Gasteiger partial charge in [-0.1, -0.05) is 36.4 Å². The first-order valence-electron chi connectivity index (χ1n) is 9.19. The molecule has 1 aliphatic carbocycles. The molecular weight excluding hydrogens is 322 g/mol. The number of rotatable bonds is 2. The third-order valence-electron chi connectivity index (χ3n) is 5.97. The largest absolute Gasteiger partial charge is 0.324 e. The molecule has 1 saturated heterocycles. The molecule has 0 aromatic heterocycles. The molecule has 1 saturated carbocycles. The summed E-state index contributed by atoms with van der Waals surface area (Å²) < 4.78 is 0. The normalized spacial score (nSPS) is 25.1. The lowest BCUT2D eigenvalue weighted by Crippen LogP contribution is -2.41. The third-order valence-corrected chi connectivity index (χ3v) is 5.97. The summed E-state index contributed by atoms with van der Waals surface area (Å²) in [5.74, 6) is 0.513. The van der Waals surface area contributed by atoms with E-state index in [4.69, 9.17) is 6.57 Å². The Morgan fingerprint density at radius 1 is 1.08 bits per heavy atom. The number of carbonyl (C=O) groups is 1. The van der Waals surface area contributed by atoms with Crippen LogP contribution in [0, 0.1) is 13.5 Å². The van der Waals surface area contributed by atoms with Crippen molar-refractivity contribution in [3.63, 3.8) is 0 Å². The average molecular weight is 345 g/mol. The number of carbonyl (C=O) groups excluding carboxylic acids is 1. The fraction of sp³-hybridized carbons (Fsp3) is 0.364. The monoisotopic (exact) mass is 345 g/mol. The molecule has 1 unspecified atom stereocenters. The highest BCUT2D eigenvalue weighted by atomic mass is 16.2. The Labute approximate surface area is 154 Å². The van der Waals surface area contributed by atoms with Gasteiger partial charge in [0, 0.05) is 12.7 Å². The second kappa shape index (κ2) is 6.49. The molecule has 2 amide bonds. The lowest BCUT2D eigenvalue weighted by atomic mass is 9.78. The van der Waals surface area contributed by atoms with Crippen LogP contribution in [0.4, 0.5) is 16.2 Å². The standard InChI is InChI=1S/C22H23N3O/c1-15-13-18(10-11-19(15)23-2)25-20-12-9-17(16-7-5-4-6-8-16)14-21(20)24(3)22(25)26/h4-8,10-11,13,17,20-21H,9,12,14H2,1,3H3/t17?,20-,21-/m1/s1. The number of amides is 2. The minimum Gasteiger partial charge on any atom is -0.322 e. The maximum Gasteiger partial charge on any atom is 0.324 e. The molecule has 0 spiro atoms. The summed E-state index contributed by atoms with van der Waals surface area (Å²) in [6.45, 7) is 9.16. The average Bonchev–Trinajstić information content (AvgIpc) is 2.92. The molecule has 4 heteroatoms. The molecule has 2 aromatic rings. The SMILES string of the molecule is [C-]#[N+]c1ccc(N2C(=O)N(C)[C@@H]3CC(c4ccccc4)CC[C@H]32)cc1C. The van der Waals surface area contributed by atoms with E-state index in [1.54, 1.807) is 0 Å². The lowest BCUT2D eigenvalue weighted by molar-refractivity contribution is 0.203. The highest BCUT2D eigenvalue weighted by Crippen LogP contribution is 2.42. The zero-order valence-corrected chi connectivity index (χ0v) is 15.2. The minimum atomic E-state index is 0.0728. The first-order valence-corrected chi connectivity index (χ1v) is 9.19. The van der Waals surface area contributed by atoms with E-state index >= 15 is 0 Å². The molecule has 0 N–H and O–H groups in total. The van der Waals surface area contributed by atoms with Gasteiger partial charge in [-0.25, -0.2) is 9.64 Å². The topological polar surface area (TPSA) is 27.9 Å². The molecule has 3 atom stereocenters. The van der Waals surface area contributed by atoms with E-state index in [1.807, 2.05) is 42.0 Å². The van der Waals surface area contributed by atoms with E-state index in [-0.39, 0.29) is 18.1 Å². The van der Waals surface area contributed by atoms with Gasteiger partial charge in [-0.15, -0.1) is 0 Å². The van der Waals surface area contributed by atoms with Crippen molar-refractivity contribution in [1.82, 2.24) is 4.90 Å². The molecule has 0 radical (unpaired) electrons. The first kappa shape index (κ1) is 16.7. The van der Waals surface area contributed by atoms with Crippen LogP contribution in [0.3, 0.4) is 0 Å². The van der Waals surface area contributed by atoms with Gasteiger partial charge in [0.2, 0.25) is 0 Å². The van der Waals surface area contributed by atoms with Crippen molar-refractivity contribution < 1.29 is 4.79 Å². The minimum absolute atomic E-state index is 0.0728. The maximum atomic E-state index is 13.0. The van der Waals surface area contributed by atoms with E-state index in [2.05, 4.69) is 35.2 Å². The molecule has 2 aromatic carbocycles. The van der Waals surface area contributed by atoms with E-state index in [1.165, 1.54) is 5.56 Å². The second-order valence-corrected chi connectivity index (χ2v) is 7.40. The van der Waals surface area contributed by atoms with Crippen molar-refractivity contribution in [3.05, 3.63) is 71.1 Å². The summed E-state index contributed by atoms with van der Waals surface area (Å²) in [6.07, 6.45) is 3.11. The van der Waals surface area contributed by atoms with Crippen LogP contribution >= 0.6 is 0 Å². The van der Waals surface area contributed by atoms with Crippen molar-refractivity contribution in [2.45, 2.75) is 44.2 Å². The van der Waals surface area contributed by atoms with Crippen molar-refractivity contribution in [3.8, 4) is 0 Å². The van der Waals surface area contributed by atoms with Gasteiger partial charge in [-0.05, 0) is 55.4 Å². The summed E-state index contributed by atoms with van der Waals surface area (Å²) in [5.41, 5.74) is 3.87. The quantitative estimate of drug-likeness (QED) is 0.694. The van der Waals surface area contributed by atoms with Crippen LogP contribution in [0.2, 0.25) is 0 Å². The van der Waals surface area contributed by atoms with Crippen LogP contribution in [0.5, 0.6) is 0 Å². The fourth-order valence-corrected chi connectivity index (χ4v) is 4.55. The molecule has 1 aliphatic heterocycles. The van der Waals surface area contributed by atoms with Gasteiger partial charge in [0.15, 0.2) is 5.69 Å². The summed E-state index contributed by atoms with van der Waals surface area (Å²) >= 11 is 0. The fourth-order valence-electron chi connectivity index (χ4n) is 4.55. The maximum absolute atomic E-state index is 13.0. The molecule has 4 rings (SSSR count). The zero-order chi connectivity index (χ0) is 18.3. The molecule has 132 valence electrons. The molecular formula is C22H23N3O. The molecule has 2 fully saturated rings. The van der Waals surface area contributed by atoms with Crippen molar-refractivity contribution >= 4 is 17.4 Å². The second-order valence-electron chi connectivity index (χ2n) is 7.40. The van der Waals surface area contributed by atoms with Crippen molar-refractivity contribution in [2.24, 2.45) is 0 Å². The van der Waals surface area contributed by atoms with Gasteiger partial charge in [0.1, 0.15) is 0 Å². The van der Waals surface area contributed by atoms with E-state index in [0.29, 0.717) is 11.6 Å². The number of likely N-dealkylation sites (N-methyl/N-ethyl adjacent to an activating group) is 1. The molecule has 2 aliphatic rings. The van der Waals surface area contributed by atoms with E-state index in [0.717, 1.165) is 30.5 Å². The van der Waals surface area contributed by atoms with Crippen LogP contribution in [-0.4, -0.2) is 30.1 Å². The predicted molar refractivity (Wildman–Crippen MR) is 104 cm³/mol. The van der Waals surface area contributed by atoms with Gasteiger partial charge < -0.3 is 4.90 Å². The number of hydrogen-bond donors (Lipinski definition) is 0. The number of urea groups is 1. The number of nitrogens with zero attached hydrogens (tertiary/aromatic N) is 3. The summed E-state index contributed by atoms with van der Waals surface area (Å²) in [4.78, 5) is 20.4. The van der Waals surface area contributed by atoms with E-state index in [9.17, 15) is 4.79 Å². The number of aryl methyl sites for hydroxylation is 1. The van der Waals surface area contributed by atoms with Crippen molar-refractivity contribution in [1.29, 1.82) is 0 Å². The summed E-state index contributed by atoms with van der Waals surface area (Å²) in [6, 6.07) is 16.9. The number of benzene rings is 2. The Morgan fingerprint density at radius 3 is 2.54 bits per heavy atom. The molecule has 0 bridgehead atoms. The Bertz CT molecular complexity index is 871. The summed E-state index contributed by atoms with van der Waals surface area (Å²) in [7, 11) is 1.92. The molecule has 4 nitrogen and oxygen atoms in total. The summed E-state index contributed by atoms with van der Waals surface area (Å²) in [5, 5.41) is 0. The number of fused-ring (bicyclic) bond motifs is 1. The Kier molecular flexibility index (Phi) is 4.16. The Hall–Kier alpha value is -2.80. The van der Waals surface area contributed by atoms with Crippen LogP contribution < -0.4 is 4.90 Å².